The number of methoxy groups -OCH3 is 1. The van der Waals surface area contributed by atoms with Crippen LogP contribution in [-0.4, -0.2) is 104 Å². The molecule has 1 aromatic carbocycles. The van der Waals surface area contributed by atoms with Gasteiger partial charge in [0.05, 0.1) is 31.5 Å². The molecule has 7 unspecified atom stereocenters. The fourth-order valence-corrected chi connectivity index (χ4v) is 9.95. The molecule has 2 fully saturated rings. The van der Waals surface area contributed by atoms with Crippen molar-refractivity contribution < 1.29 is 34.7 Å². The van der Waals surface area contributed by atoms with Gasteiger partial charge in [0.2, 0.25) is 0 Å². The Morgan fingerprint density at radius 3 is 2.64 bits per heavy atom. The van der Waals surface area contributed by atoms with Crippen molar-refractivity contribution in [2.24, 2.45) is 23.2 Å². The van der Waals surface area contributed by atoms with Crippen molar-refractivity contribution in [3.63, 3.8) is 0 Å². The second-order valence-electron chi connectivity index (χ2n) is 17.1. The van der Waals surface area contributed by atoms with Gasteiger partial charge < -0.3 is 40.5 Å². The van der Waals surface area contributed by atoms with E-state index >= 15 is 0 Å². The van der Waals surface area contributed by atoms with E-state index in [1.807, 2.05) is 26.1 Å². The number of aliphatic hydroxyl groups is 4. The third kappa shape index (κ3) is 11.3. The molecule has 2 saturated carbocycles. The maximum atomic E-state index is 12.6. The summed E-state index contributed by atoms with van der Waals surface area (Å²) in [6.07, 6.45) is 15.8. The molecule has 2 bridgehead atoms. The molecule has 4 rings (SSSR count). The van der Waals surface area contributed by atoms with Gasteiger partial charge in [0, 0.05) is 43.7 Å². The lowest BCUT2D eigenvalue weighted by molar-refractivity contribution is -0.180. The quantitative estimate of drug-likeness (QED) is 0.0350. The van der Waals surface area contributed by atoms with Crippen molar-refractivity contribution >= 4 is 6.29 Å². The van der Waals surface area contributed by atoms with Crippen LogP contribution in [0.4, 0.5) is 0 Å². The van der Waals surface area contributed by atoms with Gasteiger partial charge in [0.1, 0.15) is 6.29 Å². The topological polar surface area (TPSA) is 141 Å². The zero-order valence-corrected chi connectivity index (χ0v) is 35.0. The minimum Gasteiger partial charge on any atom is -0.396 e. The van der Waals surface area contributed by atoms with E-state index in [0.717, 1.165) is 55.2 Å². The minimum absolute atomic E-state index is 0.00367. The predicted octanol–water partition coefficient (Wildman–Crippen LogP) is 5.97. The Bertz CT molecular complexity index is 1570. The number of carbonyl (C=O) groups is 1. The van der Waals surface area contributed by atoms with Gasteiger partial charge in [-0.1, -0.05) is 71.9 Å². The van der Waals surface area contributed by atoms with Gasteiger partial charge in [0.25, 0.3) is 0 Å². The molecule has 7 atom stereocenters. The van der Waals surface area contributed by atoms with Gasteiger partial charge >= 0.3 is 0 Å². The monoisotopic (exact) mass is 777 g/mol. The molecule has 0 amide bonds. The molecule has 2 aliphatic carbocycles. The van der Waals surface area contributed by atoms with Crippen molar-refractivity contribution in [1.29, 1.82) is 0 Å². The Balaban J connectivity index is 1.66. The van der Waals surface area contributed by atoms with Gasteiger partial charge in [-0.05, 0) is 139 Å². The lowest BCUT2D eigenvalue weighted by Gasteiger charge is -2.57. The molecule has 9 heteroatoms. The predicted molar refractivity (Wildman–Crippen MR) is 225 cm³/mol. The van der Waals surface area contributed by atoms with Crippen LogP contribution in [0.25, 0.3) is 0 Å². The first-order chi connectivity index (χ1) is 26.9. The Kier molecular flexibility index (Phi) is 17.9. The molecule has 1 spiro atoms. The largest absolute Gasteiger partial charge is 0.396 e. The average Bonchev–Trinajstić information content (AvgIpc) is 3.53. The molecule has 1 heterocycles. The highest BCUT2D eigenvalue weighted by Crippen LogP contribution is 2.64. The van der Waals surface area contributed by atoms with Crippen LogP contribution in [0, 0.1) is 23.2 Å². The average molecular weight is 777 g/mol. The molecular weight excluding hydrogens is 705 g/mol. The zero-order valence-electron chi connectivity index (χ0n) is 35.0. The number of allylic oxidation sites excluding steroid dienone is 7. The summed E-state index contributed by atoms with van der Waals surface area (Å²) < 4.78 is 11.4. The third-order valence-corrected chi connectivity index (χ3v) is 13.2. The number of hydrogen-bond acceptors (Lipinski definition) is 9. The third-order valence-electron chi connectivity index (χ3n) is 13.2. The molecule has 312 valence electrons. The first kappa shape index (κ1) is 46.0. The van der Waals surface area contributed by atoms with Gasteiger partial charge in [-0.25, -0.2) is 0 Å². The number of fused-ring (bicyclic) bond motifs is 2. The Morgan fingerprint density at radius 2 is 1.93 bits per heavy atom. The maximum absolute atomic E-state index is 12.6. The summed E-state index contributed by atoms with van der Waals surface area (Å²) in [5.74, 6) is -0.380. The lowest BCUT2D eigenvalue weighted by atomic mass is 9.51. The van der Waals surface area contributed by atoms with Crippen LogP contribution in [0.3, 0.4) is 0 Å². The number of benzene rings is 1. The van der Waals surface area contributed by atoms with E-state index in [-0.39, 0.29) is 49.7 Å². The van der Waals surface area contributed by atoms with Crippen LogP contribution >= 0.6 is 0 Å². The van der Waals surface area contributed by atoms with Crippen LogP contribution in [0.5, 0.6) is 0 Å². The van der Waals surface area contributed by atoms with Gasteiger partial charge in [0.15, 0.2) is 0 Å². The van der Waals surface area contributed by atoms with E-state index in [9.17, 15) is 25.2 Å². The Labute approximate surface area is 337 Å². The smallest absolute Gasteiger partial charge is 0.145 e. The summed E-state index contributed by atoms with van der Waals surface area (Å²) in [5, 5.41) is 51.8. The summed E-state index contributed by atoms with van der Waals surface area (Å²) in [6, 6.07) is 8.91. The second-order valence-corrected chi connectivity index (χ2v) is 17.1. The van der Waals surface area contributed by atoms with Crippen LogP contribution in [0.1, 0.15) is 89.7 Å². The van der Waals surface area contributed by atoms with Crippen LogP contribution in [0.15, 0.2) is 83.0 Å². The number of hydrogen-bond donors (Lipinski definition) is 6. The van der Waals surface area contributed by atoms with Crippen LogP contribution < -0.4 is 10.6 Å². The highest BCUT2D eigenvalue weighted by atomic mass is 16.5. The highest BCUT2D eigenvalue weighted by Gasteiger charge is 2.65. The Hall–Kier alpha value is -2.73. The molecule has 9 nitrogen and oxygen atoms in total. The van der Waals surface area contributed by atoms with Crippen molar-refractivity contribution in [2.45, 2.75) is 109 Å². The first-order valence-corrected chi connectivity index (χ1v) is 20.9. The summed E-state index contributed by atoms with van der Waals surface area (Å²) in [7, 11) is 3.62. The number of aldehydes is 1. The minimum atomic E-state index is -1.17. The normalized spacial score (nSPS) is 31.2. The van der Waals surface area contributed by atoms with Crippen LogP contribution in [-0.2, 0) is 27.1 Å². The molecule has 0 aromatic heterocycles. The van der Waals surface area contributed by atoms with Gasteiger partial charge in [-0.3, -0.25) is 4.79 Å². The van der Waals surface area contributed by atoms with Crippen LogP contribution in [0.2, 0.25) is 0 Å². The Morgan fingerprint density at radius 1 is 1.14 bits per heavy atom. The number of ether oxygens (including phenoxy) is 2. The van der Waals surface area contributed by atoms with E-state index in [0.29, 0.717) is 63.7 Å². The summed E-state index contributed by atoms with van der Waals surface area (Å²) >= 11 is 0. The van der Waals surface area contributed by atoms with Crippen molar-refractivity contribution in [1.82, 2.24) is 10.6 Å². The SMILES string of the molecule is C=C(C=CC=C(COCCO)C1CCC2(C(CCCO)C(=C(C)C=O)CCC2(O)CCNC)C1O)C1CC=C(C)CNC(C)(CCOC)Cc2cccc(c2)C1. The van der Waals surface area contributed by atoms with E-state index in [1.165, 1.54) is 16.7 Å². The maximum Gasteiger partial charge on any atom is 0.145 e. The first-order valence-electron chi connectivity index (χ1n) is 20.9. The van der Waals surface area contributed by atoms with E-state index < -0.39 is 17.1 Å². The fraction of sp³-hybridized carbons (Fsp3) is 0.638. The summed E-state index contributed by atoms with van der Waals surface area (Å²) in [5.41, 5.74) is 5.27. The van der Waals surface area contributed by atoms with Gasteiger partial charge in [-0.15, -0.1) is 0 Å². The van der Waals surface area contributed by atoms with E-state index in [4.69, 9.17) is 9.47 Å². The lowest BCUT2D eigenvalue weighted by Crippen LogP contribution is -2.61. The zero-order chi connectivity index (χ0) is 40.8. The van der Waals surface area contributed by atoms with Crippen molar-refractivity contribution in [3.05, 3.63) is 94.1 Å². The summed E-state index contributed by atoms with van der Waals surface area (Å²) in [4.78, 5) is 12.1. The fourth-order valence-electron chi connectivity index (χ4n) is 9.95. The van der Waals surface area contributed by atoms with E-state index in [1.54, 1.807) is 7.11 Å². The molecular formula is C47H72N2O7. The molecule has 1 aliphatic heterocycles. The summed E-state index contributed by atoms with van der Waals surface area (Å²) in [6.45, 7) is 13.2. The molecule has 3 aliphatic rings. The van der Waals surface area contributed by atoms with E-state index in [2.05, 4.69) is 67.5 Å². The number of aliphatic hydroxyl groups excluding tert-OH is 3. The molecule has 0 saturated heterocycles. The van der Waals surface area contributed by atoms with Gasteiger partial charge in [-0.2, -0.15) is 0 Å². The standard InChI is InChI=1S/C47H72N2O7/c1-34-15-16-39(29-37-11-8-12-38(28-37)30-45(4,49-31-34)22-26-55-6)35(2)10-7-13-40(33-56-27-25-51)42-18-20-47(44(42)53)43(14-9-24-50)41(36(3)32-52)17-19-46(47,54)21-23-48-5/h7-8,10-13,15,28,32,39,42-44,48-51,53-54H,2,9,14,16-27,29-31,33H2,1,3-6H3. The molecule has 0 radical (unpaired) electrons. The second kappa shape index (κ2) is 21.9. The highest BCUT2D eigenvalue weighted by molar-refractivity contribution is 5.74. The van der Waals surface area contributed by atoms with Crippen molar-refractivity contribution in [2.75, 3.05) is 60.3 Å². The molecule has 1 aromatic rings. The number of nitrogens with one attached hydrogen (secondary N) is 2. The van der Waals surface area contributed by atoms with Crippen molar-refractivity contribution in [3.8, 4) is 0 Å². The molecule has 6 N–H and O–H groups in total. The number of rotatable bonds is 18. The molecule has 56 heavy (non-hydrogen) atoms. The number of carbonyl (C=O) groups excluding carboxylic acids is 1.